The zero-order chi connectivity index (χ0) is 25.7. The van der Waals surface area contributed by atoms with Gasteiger partial charge in [0.2, 0.25) is 0 Å². The largest absolute Gasteiger partial charge is 0.110 e. The van der Waals surface area contributed by atoms with E-state index in [1.807, 2.05) is 79.7 Å². The molecule has 0 saturated carbocycles. The summed E-state index contributed by atoms with van der Waals surface area (Å²) in [6.07, 6.45) is 7.86. The van der Waals surface area contributed by atoms with E-state index in [9.17, 15) is 0 Å². The monoisotopic (exact) mass is 470 g/mol. The molecule has 178 valence electrons. The van der Waals surface area contributed by atoms with Crippen LogP contribution in [0.3, 0.4) is 0 Å². The van der Waals surface area contributed by atoms with Crippen LogP contribution in [-0.2, 0) is 0 Å². The van der Waals surface area contributed by atoms with Crippen molar-refractivity contribution in [3.05, 3.63) is 94.8 Å². The Morgan fingerprint density at radius 3 is 1.84 bits per heavy atom. The summed E-state index contributed by atoms with van der Waals surface area (Å²) in [6, 6.07) is 12.7. The Bertz CT molecular complexity index is 836. The summed E-state index contributed by atoms with van der Waals surface area (Å²) >= 11 is 0. The lowest BCUT2D eigenvalue weighted by Gasteiger charge is -2.20. The minimum atomic E-state index is 1.14. The van der Waals surface area contributed by atoms with Gasteiger partial charge in [-0.3, -0.25) is 0 Å². The summed E-state index contributed by atoms with van der Waals surface area (Å²) in [5.74, 6) is 0. The highest BCUT2D eigenvalue weighted by molar-refractivity contribution is 7.27. The van der Waals surface area contributed by atoms with Crippen LogP contribution in [0.5, 0.6) is 0 Å². The zero-order valence-corrected chi connectivity index (χ0v) is 24.7. The lowest BCUT2D eigenvalue weighted by molar-refractivity contribution is 1.42. The molecule has 0 fully saturated rings. The average molecular weight is 471 g/mol. The summed E-state index contributed by atoms with van der Waals surface area (Å²) in [5, 5.41) is 2.38. The molecule has 2 heteroatoms. The third kappa shape index (κ3) is 10.7. The minimum absolute atomic E-state index is 1.14. The van der Waals surface area contributed by atoms with E-state index in [4.69, 9.17) is 0 Å². The van der Waals surface area contributed by atoms with Gasteiger partial charge in [0.15, 0.2) is 0 Å². The molecule has 0 aromatic heterocycles. The Morgan fingerprint density at radius 2 is 1.38 bits per heavy atom. The second kappa shape index (κ2) is 22.5. The molecule has 0 radical (unpaired) electrons. The van der Waals surface area contributed by atoms with E-state index in [1.54, 1.807) is 0 Å². The van der Waals surface area contributed by atoms with Crippen LogP contribution in [0.2, 0.25) is 0 Å². The highest BCUT2D eigenvalue weighted by Gasteiger charge is 2.16. The van der Waals surface area contributed by atoms with Crippen molar-refractivity contribution in [3.63, 3.8) is 0 Å². The molecule has 0 amide bonds. The van der Waals surface area contributed by atoms with Crippen LogP contribution in [0, 0.1) is 6.92 Å². The smallest absolute Gasteiger partial charge is 0.00279 e. The molecule has 2 unspecified atom stereocenters. The second-order valence-corrected chi connectivity index (χ2v) is 7.19. The van der Waals surface area contributed by atoms with Crippen molar-refractivity contribution in [3.8, 4) is 0 Å². The first-order valence-corrected chi connectivity index (χ1v) is 13.0. The molecule has 32 heavy (non-hydrogen) atoms. The Balaban J connectivity index is -0.000000945. The summed E-state index contributed by atoms with van der Waals surface area (Å²) < 4.78 is 0. The van der Waals surface area contributed by atoms with E-state index in [-0.39, 0.29) is 0 Å². The molecule has 0 N–H and O–H groups in total. The first-order chi connectivity index (χ1) is 15.5. The normalized spacial score (nSPS) is 9.88. The third-order valence-electron chi connectivity index (χ3n) is 3.99. The first-order valence-electron chi connectivity index (χ1n) is 11.9. The predicted molar refractivity (Wildman–Crippen MR) is 163 cm³/mol. The molecule has 0 bridgehead atoms. The van der Waals surface area contributed by atoms with Gasteiger partial charge in [0.25, 0.3) is 0 Å². The van der Waals surface area contributed by atoms with Crippen LogP contribution < -0.4 is 5.30 Å². The summed E-state index contributed by atoms with van der Waals surface area (Å²) in [4.78, 5) is 0. The maximum Gasteiger partial charge on any atom is -0.00279 e. The van der Waals surface area contributed by atoms with E-state index >= 15 is 0 Å². The molecule has 0 saturated heterocycles. The van der Waals surface area contributed by atoms with E-state index in [0.29, 0.717) is 0 Å². The van der Waals surface area contributed by atoms with Crippen molar-refractivity contribution in [2.45, 2.75) is 69.2 Å². The molecule has 2 rings (SSSR count). The van der Waals surface area contributed by atoms with Gasteiger partial charge in [-0.1, -0.05) is 129 Å². The average Bonchev–Trinajstić information content (AvgIpc) is 2.86. The lowest BCUT2D eigenvalue weighted by atomic mass is 9.88. The van der Waals surface area contributed by atoms with Crippen molar-refractivity contribution in [2.75, 3.05) is 0 Å². The number of hydrogen-bond acceptors (Lipinski definition) is 0. The lowest BCUT2D eigenvalue weighted by Crippen LogP contribution is -2.08. The first kappa shape index (κ1) is 34.9. The summed E-state index contributed by atoms with van der Waals surface area (Å²) in [7, 11) is 5.74. The Kier molecular flexibility index (Phi) is 24.5. The van der Waals surface area contributed by atoms with Gasteiger partial charge < -0.3 is 0 Å². The fourth-order valence-electron chi connectivity index (χ4n) is 2.85. The van der Waals surface area contributed by atoms with Crippen LogP contribution in [0.15, 0.2) is 67.0 Å². The van der Waals surface area contributed by atoms with E-state index in [1.165, 1.54) is 38.4 Å². The Labute approximate surface area is 205 Å². The zero-order valence-electron chi connectivity index (χ0n) is 22.3. The fraction of sp³-hybridized carbons (Fsp3) is 0.333. The van der Waals surface area contributed by atoms with Crippen LogP contribution >= 0.6 is 18.5 Å². The van der Waals surface area contributed by atoms with Crippen molar-refractivity contribution < 1.29 is 0 Å². The molecule has 0 nitrogen and oxygen atoms in total. The number of rotatable bonds is 5. The quantitative estimate of drug-likeness (QED) is 0.301. The van der Waals surface area contributed by atoms with Gasteiger partial charge in [-0.25, -0.2) is 0 Å². The molecular weight excluding hydrogens is 422 g/mol. The molecular formula is C30H48P2. The highest BCUT2D eigenvalue weighted by Crippen LogP contribution is 2.35. The van der Waals surface area contributed by atoms with Gasteiger partial charge in [0, 0.05) is 0 Å². The standard InChI is InChI=1S/C22H24P2.4C2H6/c1-5-7-11-18-15(3)13-14-20(24)22(18)21(16(4)23)19-12-9-8-10-17(19)6-2;4*1-2/h5-14H,1-2,23-24H2,3-4H3;4*1-2H3/b11-7-,21-16-;;;;. The SMILES string of the molecule is C=C/C=C\c1c(C)ccc(P)c1/C(=C(/C)P)c1ccccc1C=C.CC.CC.CC.CC. The molecule has 0 aliphatic heterocycles. The van der Waals surface area contributed by atoms with Gasteiger partial charge in [-0.15, -0.1) is 18.5 Å². The second-order valence-electron chi connectivity index (χ2n) is 5.70. The van der Waals surface area contributed by atoms with Gasteiger partial charge in [0.05, 0.1) is 0 Å². The van der Waals surface area contributed by atoms with E-state index in [0.717, 1.165) is 5.56 Å². The minimum Gasteiger partial charge on any atom is -0.110 e. The summed E-state index contributed by atoms with van der Waals surface area (Å²) in [6.45, 7) is 28.1. The maximum absolute atomic E-state index is 3.98. The van der Waals surface area contributed by atoms with Gasteiger partial charge in [0.1, 0.15) is 0 Å². The highest BCUT2D eigenvalue weighted by atomic mass is 31.0. The molecule has 0 aliphatic carbocycles. The van der Waals surface area contributed by atoms with Crippen LogP contribution in [0.25, 0.3) is 17.7 Å². The predicted octanol–water partition coefficient (Wildman–Crippen LogP) is 10.1. The number of aryl methyl sites for hydroxylation is 1. The maximum atomic E-state index is 3.98. The van der Waals surface area contributed by atoms with E-state index in [2.05, 4.69) is 81.9 Å². The van der Waals surface area contributed by atoms with Crippen molar-refractivity contribution in [2.24, 2.45) is 0 Å². The number of benzene rings is 2. The molecule has 0 aliphatic rings. The molecule has 0 spiro atoms. The van der Waals surface area contributed by atoms with E-state index < -0.39 is 0 Å². The summed E-state index contributed by atoms with van der Waals surface area (Å²) in [5.41, 5.74) is 7.27. The van der Waals surface area contributed by atoms with Crippen molar-refractivity contribution in [1.29, 1.82) is 0 Å². The Morgan fingerprint density at radius 1 is 0.844 bits per heavy atom. The third-order valence-corrected chi connectivity index (χ3v) is 4.76. The van der Waals surface area contributed by atoms with Crippen LogP contribution in [-0.4, -0.2) is 0 Å². The topological polar surface area (TPSA) is 0 Å². The molecule has 2 aromatic rings. The van der Waals surface area contributed by atoms with Gasteiger partial charge >= 0.3 is 0 Å². The molecule has 0 heterocycles. The van der Waals surface area contributed by atoms with Crippen LogP contribution in [0.4, 0.5) is 0 Å². The fourth-order valence-corrected chi connectivity index (χ4v) is 3.54. The number of hydrogen-bond donors (Lipinski definition) is 0. The Hall–Kier alpha value is -1.74. The molecule has 2 atom stereocenters. The van der Waals surface area contributed by atoms with Crippen molar-refractivity contribution >= 4 is 41.5 Å². The molecule has 2 aromatic carbocycles. The van der Waals surface area contributed by atoms with Gasteiger partial charge in [-0.05, 0) is 57.9 Å². The van der Waals surface area contributed by atoms with Crippen molar-refractivity contribution in [1.82, 2.24) is 0 Å². The van der Waals surface area contributed by atoms with Gasteiger partial charge in [-0.2, -0.15) is 0 Å². The van der Waals surface area contributed by atoms with Crippen LogP contribution in [0.1, 0.15) is 90.1 Å². The number of allylic oxidation sites excluding steroid dienone is 3.